The van der Waals surface area contributed by atoms with Crippen molar-refractivity contribution >= 4 is 22.6 Å². The van der Waals surface area contributed by atoms with Gasteiger partial charge in [-0.15, -0.1) is 0 Å². The molecule has 18 heavy (non-hydrogen) atoms. The molecule has 1 heterocycles. The van der Waals surface area contributed by atoms with Crippen LogP contribution in [0, 0.1) is 0 Å². The van der Waals surface area contributed by atoms with E-state index in [2.05, 4.69) is 11.5 Å². The number of rotatable bonds is 4. The number of aromatic nitrogens is 2. The first-order chi connectivity index (χ1) is 8.72. The molecule has 2 aromatic rings. The van der Waals surface area contributed by atoms with Crippen molar-refractivity contribution in [1.29, 1.82) is 0 Å². The third-order valence-corrected chi connectivity index (χ3v) is 3.95. The summed E-state index contributed by atoms with van der Waals surface area (Å²) in [7, 11) is 0. The lowest BCUT2D eigenvalue weighted by molar-refractivity contribution is 0.593. The summed E-state index contributed by atoms with van der Waals surface area (Å²) in [6.45, 7) is 2.89. The lowest BCUT2D eigenvalue weighted by Crippen LogP contribution is -2.10. The molecule has 1 saturated carbocycles. The highest BCUT2D eigenvalue weighted by atomic mass is 35.5. The molecule has 0 aliphatic heterocycles. The van der Waals surface area contributed by atoms with Crippen molar-refractivity contribution < 1.29 is 0 Å². The summed E-state index contributed by atoms with van der Waals surface area (Å²) in [4.78, 5) is 4.78. The molecule has 1 atom stereocenters. The van der Waals surface area contributed by atoms with Crippen LogP contribution in [0.3, 0.4) is 0 Å². The Bertz CT molecular complexity index is 572. The fourth-order valence-corrected chi connectivity index (χ4v) is 2.81. The van der Waals surface area contributed by atoms with Gasteiger partial charge in [0, 0.05) is 12.0 Å². The monoisotopic (exact) mass is 263 g/mol. The Balaban J connectivity index is 2.18. The first-order valence-electron chi connectivity index (χ1n) is 6.58. The molecule has 2 N–H and O–H groups in total. The van der Waals surface area contributed by atoms with E-state index in [1.807, 2.05) is 18.2 Å². The topological polar surface area (TPSA) is 43.8 Å². The molecule has 0 bridgehead atoms. The minimum atomic E-state index is 0.388. The highest BCUT2D eigenvalue weighted by molar-refractivity contribution is 6.35. The number of para-hydroxylation sites is 1. The van der Waals surface area contributed by atoms with E-state index >= 15 is 0 Å². The molecule has 1 aliphatic carbocycles. The number of nitrogens with two attached hydrogens (primary N) is 1. The second kappa shape index (κ2) is 4.56. The van der Waals surface area contributed by atoms with Crippen molar-refractivity contribution in [2.24, 2.45) is 5.73 Å². The Morgan fingerprint density at radius 1 is 1.50 bits per heavy atom. The average Bonchev–Trinajstić information content (AvgIpc) is 3.10. The zero-order valence-electron chi connectivity index (χ0n) is 10.6. The van der Waals surface area contributed by atoms with Gasteiger partial charge in [0.1, 0.15) is 5.82 Å². The van der Waals surface area contributed by atoms with Crippen LogP contribution in [-0.4, -0.2) is 16.1 Å². The lowest BCUT2D eigenvalue weighted by atomic mass is 10.1. The van der Waals surface area contributed by atoms with Crippen LogP contribution < -0.4 is 5.73 Å². The molecular formula is C14H18ClN3. The third-order valence-electron chi connectivity index (χ3n) is 3.64. The van der Waals surface area contributed by atoms with E-state index in [0.29, 0.717) is 18.5 Å². The predicted molar refractivity (Wildman–Crippen MR) is 75.1 cm³/mol. The zero-order chi connectivity index (χ0) is 12.7. The van der Waals surface area contributed by atoms with Crippen LogP contribution in [0.25, 0.3) is 11.0 Å². The predicted octanol–water partition coefficient (Wildman–Crippen LogP) is 3.48. The summed E-state index contributed by atoms with van der Waals surface area (Å²) < 4.78 is 2.35. The molecule has 0 radical (unpaired) electrons. The summed E-state index contributed by atoms with van der Waals surface area (Å²) in [5.41, 5.74) is 7.77. The number of fused-ring (bicyclic) bond motifs is 1. The Morgan fingerprint density at radius 3 is 2.94 bits per heavy atom. The Labute approximate surface area is 112 Å². The maximum absolute atomic E-state index is 6.34. The van der Waals surface area contributed by atoms with Gasteiger partial charge in [-0.2, -0.15) is 0 Å². The Morgan fingerprint density at radius 2 is 2.28 bits per heavy atom. The van der Waals surface area contributed by atoms with Crippen molar-refractivity contribution in [2.75, 3.05) is 6.54 Å². The van der Waals surface area contributed by atoms with Crippen LogP contribution >= 0.6 is 11.6 Å². The second-order valence-electron chi connectivity index (χ2n) is 5.16. The molecule has 0 spiro atoms. The standard InChI is InChI=1S/C14H18ClN3/c1-9(7-8-16)14-17-12-4-2-3-11(15)13(12)18(14)10-5-6-10/h2-4,9-10H,5-8,16H2,1H3. The van der Waals surface area contributed by atoms with Gasteiger partial charge < -0.3 is 10.3 Å². The number of nitrogens with zero attached hydrogens (tertiary/aromatic N) is 2. The lowest BCUT2D eigenvalue weighted by Gasteiger charge is -2.13. The smallest absolute Gasteiger partial charge is 0.113 e. The molecule has 3 nitrogen and oxygen atoms in total. The number of hydrogen-bond donors (Lipinski definition) is 1. The van der Waals surface area contributed by atoms with Gasteiger partial charge in [-0.25, -0.2) is 4.98 Å². The molecule has 0 saturated heterocycles. The third kappa shape index (κ3) is 1.91. The molecule has 96 valence electrons. The van der Waals surface area contributed by atoms with E-state index in [9.17, 15) is 0 Å². The van der Waals surface area contributed by atoms with E-state index < -0.39 is 0 Å². The van der Waals surface area contributed by atoms with Gasteiger partial charge in [-0.3, -0.25) is 0 Å². The van der Waals surface area contributed by atoms with Crippen molar-refractivity contribution in [2.45, 2.75) is 38.1 Å². The molecule has 0 amide bonds. The highest BCUT2D eigenvalue weighted by Crippen LogP contribution is 2.42. The summed E-state index contributed by atoms with van der Waals surface area (Å²) in [6, 6.07) is 6.54. The van der Waals surface area contributed by atoms with Crippen LogP contribution in [-0.2, 0) is 0 Å². The summed E-state index contributed by atoms with van der Waals surface area (Å²) in [5.74, 6) is 1.53. The Kier molecular flexibility index (Phi) is 3.04. The van der Waals surface area contributed by atoms with Crippen molar-refractivity contribution in [3.8, 4) is 0 Å². The number of imidazole rings is 1. The summed E-state index contributed by atoms with van der Waals surface area (Å²) >= 11 is 6.34. The number of halogens is 1. The van der Waals surface area contributed by atoms with Gasteiger partial charge in [0.2, 0.25) is 0 Å². The van der Waals surface area contributed by atoms with E-state index in [-0.39, 0.29) is 0 Å². The van der Waals surface area contributed by atoms with E-state index in [1.54, 1.807) is 0 Å². The van der Waals surface area contributed by atoms with E-state index in [4.69, 9.17) is 22.3 Å². The van der Waals surface area contributed by atoms with Crippen LogP contribution in [0.4, 0.5) is 0 Å². The molecule has 1 aromatic carbocycles. The quantitative estimate of drug-likeness (QED) is 0.918. The molecule has 1 aliphatic rings. The second-order valence-corrected chi connectivity index (χ2v) is 5.56. The van der Waals surface area contributed by atoms with Gasteiger partial charge >= 0.3 is 0 Å². The first kappa shape index (κ1) is 12.0. The van der Waals surface area contributed by atoms with E-state index in [1.165, 1.54) is 12.8 Å². The SMILES string of the molecule is CC(CCN)c1nc2cccc(Cl)c2n1C1CC1. The Hall–Kier alpha value is -1.06. The van der Waals surface area contributed by atoms with Crippen LogP contribution in [0.5, 0.6) is 0 Å². The first-order valence-corrected chi connectivity index (χ1v) is 6.96. The van der Waals surface area contributed by atoms with Gasteiger partial charge in [-0.1, -0.05) is 24.6 Å². The van der Waals surface area contributed by atoms with Gasteiger partial charge in [-0.05, 0) is 37.9 Å². The average molecular weight is 264 g/mol. The normalized spacial score (nSPS) is 17.3. The highest BCUT2D eigenvalue weighted by Gasteiger charge is 2.30. The molecule has 1 unspecified atom stereocenters. The maximum atomic E-state index is 6.34. The number of hydrogen-bond acceptors (Lipinski definition) is 2. The minimum Gasteiger partial charge on any atom is -0.330 e. The van der Waals surface area contributed by atoms with Gasteiger partial charge in [0.25, 0.3) is 0 Å². The van der Waals surface area contributed by atoms with Gasteiger partial charge in [0.15, 0.2) is 0 Å². The zero-order valence-corrected chi connectivity index (χ0v) is 11.3. The maximum Gasteiger partial charge on any atom is 0.113 e. The van der Waals surface area contributed by atoms with Crippen molar-refractivity contribution in [3.63, 3.8) is 0 Å². The van der Waals surface area contributed by atoms with Crippen LogP contribution in [0.15, 0.2) is 18.2 Å². The van der Waals surface area contributed by atoms with Crippen LogP contribution in [0.2, 0.25) is 5.02 Å². The summed E-state index contributed by atoms with van der Waals surface area (Å²) in [6.07, 6.45) is 3.44. The largest absolute Gasteiger partial charge is 0.330 e. The van der Waals surface area contributed by atoms with Crippen molar-refractivity contribution in [3.05, 3.63) is 29.0 Å². The molecule has 4 heteroatoms. The molecule has 1 aromatic heterocycles. The fraction of sp³-hybridized carbons (Fsp3) is 0.500. The summed E-state index contributed by atoms with van der Waals surface area (Å²) in [5, 5.41) is 0.804. The number of benzene rings is 1. The molecule has 1 fully saturated rings. The minimum absolute atomic E-state index is 0.388. The van der Waals surface area contributed by atoms with Gasteiger partial charge in [0.05, 0.1) is 16.1 Å². The van der Waals surface area contributed by atoms with E-state index in [0.717, 1.165) is 28.3 Å². The fourth-order valence-electron chi connectivity index (χ4n) is 2.55. The molecule has 3 rings (SSSR count). The molecular weight excluding hydrogens is 246 g/mol. The van der Waals surface area contributed by atoms with Crippen molar-refractivity contribution in [1.82, 2.24) is 9.55 Å². The van der Waals surface area contributed by atoms with Crippen LogP contribution in [0.1, 0.15) is 44.0 Å².